The first-order valence-electron chi connectivity index (χ1n) is 8.97. The summed E-state index contributed by atoms with van der Waals surface area (Å²) in [6.45, 7) is 4.92. The average molecular weight is 342 g/mol. The van der Waals surface area contributed by atoms with Gasteiger partial charge in [-0.15, -0.1) is 0 Å². The molecule has 2 rings (SSSR count). The second-order valence-corrected chi connectivity index (χ2v) is 5.87. The Morgan fingerprint density at radius 2 is 1.64 bits per heavy atom. The number of halogens is 1. The van der Waals surface area contributed by atoms with Crippen LogP contribution in [0.3, 0.4) is 0 Å². The van der Waals surface area contributed by atoms with E-state index in [-0.39, 0.29) is 6.67 Å². The normalized spacial score (nSPS) is 11.0. The topological polar surface area (TPSA) is 18.5 Å². The first kappa shape index (κ1) is 19.0. The van der Waals surface area contributed by atoms with Crippen molar-refractivity contribution in [1.29, 1.82) is 0 Å². The Bertz CT molecular complexity index is 662. The second-order valence-electron chi connectivity index (χ2n) is 5.87. The van der Waals surface area contributed by atoms with Gasteiger partial charge in [0.25, 0.3) is 0 Å². The SMILES string of the molecule is C/C=C/c1cc(-c2ccc(OCCCC)cc2)ccc1OCCCF. The molecule has 0 N–H and O–H groups in total. The number of benzene rings is 2. The van der Waals surface area contributed by atoms with Crippen molar-refractivity contribution in [2.45, 2.75) is 33.1 Å². The van der Waals surface area contributed by atoms with Gasteiger partial charge >= 0.3 is 0 Å². The van der Waals surface area contributed by atoms with Crippen molar-refractivity contribution >= 4 is 6.08 Å². The minimum absolute atomic E-state index is 0.357. The Morgan fingerprint density at radius 1 is 0.920 bits per heavy atom. The highest BCUT2D eigenvalue weighted by molar-refractivity contribution is 5.71. The van der Waals surface area contributed by atoms with E-state index in [0.717, 1.165) is 47.6 Å². The predicted molar refractivity (Wildman–Crippen MR) is 103 cm³/mol. The van der Waals surface area contributed by atoms with Gasteiger partial charge in [-0.3, -0.25) is 4.39 Å². The summed E-state index contributed by atoms with van der Waals surface area (Å²) in [6.07, 6.45) is 6.60. The lowest BCUT2D eigenvalue weighted by molar-refractivity contribution is 0.289. The molecule has 2 aromatic rings. The fourth-order valence-corrected chi connectivity index (χ4v) is 2.48. The van der Waals surface area contributed by atoms with Crippen molar-refractivity contribution in [3.63, 3.8) is 0 Å². The zero-order chi connectivity index (χ0) is 17.9. The number of rotatable bonds is 10. The molecule has 0 heterocycles. The van der Waals surface area contributed by atoms with Gasteiger partial charge in [0.2, 0.25) is 0 Å². The predicted octanol–water partition coefficient (Wildman–Crippen LogP) is 6.30. The monoisotopic (exact) mass is 342 g/mol. The second kappa shape index (κ2) is 10.5. The lowest BCUT2D eigenvalue weighted by Crippen LogP contribution is -1.99. The van der Waals surface area contributed by atoms with Gasteiger partial charge in [-0.25, -0.2) is 0 Å². The number of hydrogen-bond donors (Lipinski definition) is 0. The highest BCUT2D eigenvalue weighted by Gasteiger charge is 2.05. The van der Waals surface area contributed by atoms with Gasteiger partial charge in [0, 0.05) is 12.0 Å². The minimum atomic E-state index is -0.357. The van der Waals surface area contributed by atoms with Gasteiger partial charge < -0.3 is 9.47 Å². The third-order valence-corrected chi connectivity index (χ3v) is 3.85. The number of hydrogen-bond acceptors (Lipinski definition) is 2. The van der Waals surface area contributed by atoms with Crippen LogP contribution in [0.25, 0.3) is 17.2 Å². The van der Waals surface area contributed by atoms with E-state index in [1.807, 2.05) is 43.3 Å². The van der Waals surface area contributed by atoms with E-state index >= 15 is 0 Å². The molecular weight excluding hydrogens is 315 g/mol. The van der Waals surface area contributed by atoms with Crippen LogP contribution in [0.5, 0.6) is 11.5 Å². The summed E-state index contributed by atoms with van der Waals surface area (Å²) < 4.78 is 23.7. The molecule has 2 aromatic carbocycles. The molecule has 134 valence electrons. The van der Waals surface area contributed by atoms with E-state index < -0.39 is 0 Å². The van der Waals surface area contributed by atoms with Gasteiger partial charge in [0.1, 0.15) is 11.5 Å². The summed E-state index contributed by atoms with van der Waals surface area (Å²) in [4.78, 5) is 0. The standard InChI is InChI=1S/C22H27FO2/c1-3-5-15-24-21-11-8-18(9-12-21)19-10-13-22(25-16-6-14-23)20(17-19)7-4-2/h4,7-13,17H,3,5-6,14-16H2,1-2H3/b7-4+. The Labute approximate surface area is 150 Å². The van der Waals surface area contributed by atoms with Crippen molar-refractivity contribution in [2.75, 3.05) is 19.9 Å². The Morgan fingerprint density at radius 3 is 2.32 bits per heavy atom. The van der Waals surface area contributed by atoms with Gasteiger partial charge in [-0.05, 0) is 48.7 Å². The Hall–Kier alpha value is -2.29. The maximum Gasteiger partial charge on any atom is 0.126 e. The van der Waals surface area contributed by atoms with Crippen LogP contribution in [0, 0.1) is 0 Å². The molecule has 0 aliphatic carbocycles. The zero-order valence-electron chi connectivity index (χ0n) is 15.1. The third kappa shape index (κ3) is 5.93. The molecule has 0 unspecified atom stereocenters. The van der Waals surface area contributed by atoms with Crippen molar-refractivity contribution < 1.29 is 13.9 Å². The first-order chi connectivity index (χ1) is 12.3. The quantitative estimate of drug-likeness (QED) is 0.471. The number of ether oxygens (including phenoxy) is 2. The van der Waals surface area contributed by atoms with E-state index in [1.165, 1.54) is 0 Å². The molecule has 0 amide bonds. The molecule has 0 aliphatic rings. The van der Waals surface area contributed by atoms with Crippen molar-refractivity contribution in [3.8, 4) is 22.6 Å². The highest BCUT2D eigenvalue weighted by Crippen LogP contribution is 2.29. The molecule has 25 heavy (non-hydrogen) atoms. The van der Waals surface area contributed by atoms with Crippen LogP contribution in [0.15, 0.2) is 48.5 Å². The summed E-state index contributed by atoms with van der Waals surface area (Å²) in [5.74, 6) is 1.69. The maximum absolute atomic E-state index is 12.3. The fraction of sp³-hybridized carbons (Fsp3) is 0.364. The van der Waals surface area contributed by atoms with Crippen molar-refractivity contribution in [3.05, 3.63) is 54.1 Å². The molecule has 0 atom stereocenters. The Balaban J connectivity index is 2.14. The highest BCUT2D eigenvalue weighted by atomic mass is 19.1. The maximum atomic E-state index is 12.3. The van der Waals surface area contributed by atoms with E-state index in [0.29, 0.717) is 13.0 Å². The lowest BCUT2D eigenvalue weighted by Gasteiger charge is -2.11. The summed E-state index contributed by atoms with van der Waals surface area (Å²) >= 11 is 0. The van der Waals surface area contributed by atoms with Crippen LogP contribution in [-0.4, -0.2) is 19.9 Å². The van der Waals surface area contributed by atoms with Crippen LogP contribution in [0.1, 0.15) is 38.7 Å². The van der Waals surface area contributed by atoms with Crippen LogP contribution in [0.2, 0.25) is 0 Å². The van der Waals surface area contributed by atoms with Crippen LogP contribution < -0.4 is 9.47 Å². The molecule has 3 heteroatoms. The average Bonchev–Trinajstić information content (AvgIpc) is 2.64. The molecule has 2 nitrogen and oxygen atoms in total. The lowest BCUT2D eigenvalue weighted by atomic mass is 10.0. The van der Waals surface area contributed by atoms with Crippen LogP contribution in [-0.2, 0) is 0 Å². The molecule has 0 bridgehead atoms. The number of allylic oxidation sites excluding steroid dienone is 1. The zero-order valence-corrected chi connectivity index (χ0v) is 15.1. The van der Waals surface area contributed by atoms with Gasteiger partial charge in [-0.1, -0.05) is 43.7 Å². The van der Waals surface area contributed by atoms with Crippen molar-refractivity contribution in [1.82, 2.24) is 0 Å². The van der Waals surface area contributed by atoms with Crippen LogP contribution >= 0.6 is 0 Å². The fourth-order valence-electron chi connectivity index (χ4n) is 2.48. The largest absolute Gasteiger partial charge is 0.494 e. The Kier molecular flexibility index (Phi) is 8.03. The smallest absolute Gasteiger partial charge is 0.126 e. The summed E-state index contributed by atoms with van der Waals surface area (Å²) in [6, 6.07) is 14.2. The van der Waals surface area contributed by atoms with Gasteiger partial charge in [-0.2, -0.15) is 0 Å². The molecule has 0 spiro atoms. The first-order valence-corrected chi connectivity index (χ1v) is 8.97. The van der Waals surface area contributed by atoms with E-state index in [4.69, 9.17) is 9.47 Å². The third-order valence-electron chi connectivity index (χ3n) is 3.85. The summed E-state index contributed by atoms with van der Waals surface area (Å²) in [5, 5.41) is 0. The van der Waals surface area contributed by atoms with E-state index in [9.17, 15) is 4.39 Å². The molecule has 0 aromatic heterocycles. The number of unbranched alkanes of at least 4 members (excludes halogenated alkanes) is 1. The van der Waals surface area contributed by atoms with Crippen LogP contribution in [0.4, 0.5) is 4.39 Å². The molecular formula is C22H27FO2. The molecule has 0 saturated carbocycles. The van der Waals surface area contributed by atoms with Gasteiger partial charge in [0.05, 0.1) is 19.9 Å². The van der Waals surface area contributed by atoms with Crippen molar-refractivity contribution in [2.24, 2.45) is 0 Å². The molecule has 0 saturated heterocycles. The van der Waals surface area contributed by atoms with E-state index in [1.54, 1.807) is 0 Å². The van der Waals surface area contributed by atoms with Gasteiger partial charge in [0.15, 0.2) is 0 Å². The summed E-state index contributed by atoms with van der Waals surface area (Å²) in [5.41, 5.74) is 3.25. The molecule has 0 aliphatic heterocycles. The summed E-state index contributed by atoms with van der Waals surface area (Å²) in [7, 11) is 0. The van der Waals surface area contributed by atoms with E-state index in [2.05, 4.69) is 25.1 Å². The number of alkyl halides is 1. The molecule has 0 fully saturated rings. The minimum Gasteiger partial charge on any atom is -0.494 e. The molecule has 0 radical (unpaired) electrons.